The Labute approximate surface area is 253 Å². The zero-order valence-corrected chi connectivity index (χ0v) is 25.7. The van der Waals surface area contributed by atoms with Crippen LogP contribution in [0.4, 0.5) is 24.7 Å². The van der Waals surface area contributed by atoms with Crippen molar-refractivity contribution in [2.45, 2.75) is 23.5 Å². The van der Waals surface area contributed by atoms with E-state index in [4.69, 9.17) is 25.8 Å². The number of rotatable bonds is 10. The van der Waals surface area contributed by atoms with Gasteiger partial charge < -0.3 is 24.0 Å². The Balaban J connectivity index is 1.55. The molecule has 2 aliphatic rings. The van der Waals surface area contributed by atoms with Gasteiger partial charge in [-0.25, -0.2) is 26.5 Å². The van der Waals surface area contributed by atoms with Gasteiger partial charge in [-0.2, -0.15) is 4.39 Å². The van der Waals surface area contributed by atoms with Gasteiger partial charge in [0.25, 0.3) is 10.0 Å². The van der Waals surface area contributed by atoms with Gasteiger partial charge >= 0.3 is 0 Å². The Bertz CT molecular complexity index is 1630. The molecule has 3 heterocycles. The maximum absolute atomic E-state index is 16.0. The first-order valence-corrected chi connectivity index (χ1v) is 15.3. The minimum absolute atomic E-state index is 0.0227. The molecule has 0 spiro atoms. The zero-order chi connectivity index (χ0) is 31.1. The van der Waals surface area contributed by atoms with Crippen LogP contribution >= 0.6 is 11.6 Å². The summed E-state index contributed by atoms with van der Waals surface area (Å²) in [6.07, 6.45) is 0.615. The lowest BCUT2D eigenvalue weighted by Crippen LogP contribution is -2.58. The van der Waals surface area contributed by atoms with Crippen LogP contribution in [-0.4, -0.2) is 78.5 Å². The lowest BCUT2D eigenvalue weighted by Gasteiger charge is -2.46. The highest BCUT2D eigenvalue weighted by Crippen LogP contribution is 2.43. The zero-order valence-electron chi connectivity index (χ0n) is 24.1. The third-order valence-corrected chi connectivity index (χ3v) is 10.4. The van der Waals surface area contributed by atoms with Gasteiger partial charge in [0.15, 0.2) is 10.7 Å². The standard InChI is InChI=1S/C29H32ClF3N4O5S/c1-35-15-19(16-35)29(42-4)10-11-36(17-29)22-13-21(31)28(27(33)26(22)30)43(38,39)37(25-7-5-6-24(32)34-25)14-18-8-9-20(40-2)12-23(18)41-3/h5-9,12-13,19H,10-11,14-17H2,1-4H3. The second kappa shape index (κ2) is 12.0. The SMILES string of the molecule is COc1ccc(CN(c2cccc(F)n2)S(=O)(=O)c2c(F)cc(N3CCC(OC)(C4CN(C)C4)C3)c(Cl)c2F)c(OC)c1. The fraction of sp³-hybridized carbons (Fsp3) is 0.414. The number of pyridine rings is 1. The van der Waals surface area contributed by atoms with Crippen LogP contribution in [0.2, 0.25) is 5.02 Å². The summed E-state index contributed by atoms with van der Waals surface area (Å²) in [5.41, 5.74) is -0.198. The molecule has 43 heavy (non-hydrogen) atoms. The summed E-state index contributed by atoms with van der Waals surface area (Å²) >= 11 is 6.44. The predicted octanol–water partition coefficient (Wildman–Crippen LogP) is 4.72. The van der Waals surface area contributed by atoms with Crippen molar-refractivity contribution in [1.82, 2.24) is 9.88 Å². The molecule has 1 atom stereocenters. The maximum Gasteiger partial charge on any atom is 0.271 e. The molecule has 0 aliphatic carbocycles. The van der Waals surface area contributed by atoms with Gasteiger partial charge in [-0.15, -0.1) is 0 Å². The molecule has 2 saturated heterocycles. The van der Waals surface area contributed by atoms with Crippen LogP contribution in [0.5, 0.6) is 11.5 Å². The highest BCUT2D eigenvalue weighted by molar-refractivity contribution is 7.92. The highest BCUT2D eigenvalue weighted by atomic mass is 35.5. The first-order chi connectivity index (χ1) is 20.4. The van der Waals surface area contributed by atoms with Gasteiger partial charge in [-0.05, 0) is 37.7 Å². The van der Waals surface area contributed by atoms with Gasteiger partial charge in [0, 0.05) is 56.9 Å². The van der Waals surface area contributed by atoms with Crippen molar-refractivity contribution in [3.8, 4) is 11.5 Å². The van der Waals surface area contributed by atoms with E-state index in [1.165, 1.54) is 38.5 Å². The average molecular weight is 641 g/mol. The average Bonchev–Trinajstić information content (AvgIpc) is 3.41. The quantitative estimate of drug-likeness (QED) is 0.233. The number of ether oxygens (including phenoxy) is 3. The number of methoxy groups -OCH3 is 3. The molecule has 0 amide bonds. The van der Waals surface area contributed by atoms with Crippen LogP contribution in [0, 0.1) is 23.5 Å². The first kappa shape index (κ1) is 31.2. The largest absolute Gasteiger partial charge is 0.497 e. The van der Waals surface area contributed by atoms with E-state index in [0.717, 1.165) is 25.2 Å². The third kappa shape index (κ3) is 5.70. The van der Waals surface area contributed by atoms with E-state index in [-0.39, 0.29) is 17.4 Å². The molecular weight excluding hydrogens is 609 g/mol. The van der Waals surface area contributed by atoms with Crippen molar-refractivity contribution in [1.29, 1.82) is 0 Å². The van der Waals surface area contributed by atoms with Crippen molar-refractivity contribution in [2.75, 3.05) is 63.8 Å². The lowest BCUT2D eigenvalue weighted by atomic mass is 9.81. The summed E-state index contributed by atoms with van der Waals surface area (Å²) in [6, 6.07) is 9.00. The summed E-state index contributed by atoms with van der Waals surface area (Å²) in [5, 5.41) is -0.549. The van der Waals surface area contributed by atoms with Crippen molar-refractivity contribution < 1.29 is 35.8 Å². The molecule has 0 bridgehead atoms. The molecule has 1 unspecified atom stereocenters. The van der Waals surface area contributed by atoms with Crippen LogP contribution in [0.25, 0.3) is 0 Å². The molecule has 0 radical (unpaired) electrons. The normalized spacial score (nSPS) is 19.4. The summed E-state index contributed by atoms with van der Waals surface area (Å²) in [7, 11) is 1.40. The Hall–Kier alpha value is -3.26. The molecule has 2 aromatic carbocycles. The number of halogens is 4. The fourth-order valence-electron chi connectivity index (χ4n) is 5.81. The molecule has 2 fully saturated rings. The van der Waals surface area contributed by atoms with Crippen LogP contribution in [-0.2, 0) is 21.3 Å². The number of hydrogen-bond acceptors (Lipinski definition) is 8. The van der Waals surface area contributed by atoms with Crippen molar-refractivity contribution >= 4 is 33.1 Å². The second-order valence-electron chi connectivity index (χ2n) is 10.7. The number of nitrogens with zero attached hydrogens (tertiary/aromatic N) is 4. The molecule has 232 valence electrons. The number of aromatic nitrogens is 1. The van der Waals surface area contributed by atoms with Gasteiger partial charge in [0.1, 0.15) is 28.2 Å². The van der Waals surface area contributed by atoms with E-state index in [1.807, 2.05) is 7.05 Å². The molecule has 5 rings (SSSR count). The fourth-order valence-corrected chi connectivity index (χ4v) is 7.65. The number of anilines is 2. The first-order valence-electron chi connectivity index (χ1n) is 13.5. The Morgan fingerprint density at radius 3 is 2.47 bits per heavy atom. The van der Waals surface area contributed by atoms with Gasteiger partial charge in [0.05, 0.1) is 32.1 Å². The number of hydrogen-bond donors (Lipinski definition) is 0. The molecular formula is C29H32ClF3N4O5S. The molecule has 14 heteroatoms. The molecule has 0 saturated carbocycles. The van der Waals surface area contributed by atoms with Crippen LogP contribution in [0.3, 0.4) is 0 Å². The smallest absolute Gasteiger partial charge is 0.271 e. The molecule has 2 aliphatic heterocycles. The van der Waals surface area contributed by atoms with Crippen molar-refractivity contribution in [3.05, 3.63) is 70.6 Å². The second-order valence-corrected chi connectivity index (χ2v) is 12.9. The molecule has 1 aromatic heterocycles. The van der Waals surface area contributed by atoms with E-state index in [9.17, 15) is 12.8 Å². The van der Waals surface area contributed by atoms with E-state index >= 15 is 8.78 Å². The maximum atomic E-state index is 16.0. The Morgan fingerprint density at radius 1 is 1.09 bits per heavy atom. The minimum atomic E-state index is -5.04. The molecule has 0 N–H and O–H groups in total. The summed E-state index contributed by atoms with van der Waals surface area (Å²) in [5.74, 6) is -3.28. The molecule has 3 aromatic rings. The third-order valence-electron chi connectivity index (χ3n) is 8.23. The summed E-state index contributed by atoms with van der Waals surface area (Å²) < 4.78 is 91.2. The summed E-state index contributed by atoms with van der Waals surface area (Å²) in [6.45, 7) is 1.91. The van der Waals surface area contributed by atoms with Crippen molar-refractivity contribution in [3.63, 3.8) is 0 Å². The Kier molecular flexibility index (Phi) is 8.72. The number of likely N-dealkylation sites (tertiary alicyclic amines) is 1. The lowest BCUT2D eigenvalue weighted by molar-refractivity contribution is -0.0909. The Morgan fingerprint density at radius 2 is 1.84 bits per heavy atom. The van der Waals surface area contributed by atoms with E-state index in [0.29, 0.717) is 35.1 Å². The van der Waals surface area contributed by atoms with E-state index < -0.39 is 55.5 Å². The highest BCUT2D eigenvalue weighted by Gasteiger charge is 2.49. The molecule has 9 nitrogen and oxygen atoms in total. The van der Waals surface area contributed by atoms with Gasteiger partial charge in [-0.1, -0.05) is 17.7 Å². The predicted molar refractivity (Wildman–Crippen MR) is 156 cm³/mol. The summed E-state index contributed by atoms with van der Waals surface area (Å²) in [4.78, 5) is 6.27. The monoisotopic (exact) mass is 640 g/mol. The number of sulfonamides is 1. The topological polar surface area (TPSA) is 84.4 Å². The van der Waals surface area contributed by atoms with E-state index in [2.05, 4.69) is 9.88 Å². The van der Waals surface area contributed by atoms with E-state index in [1.54, 1.807) is 18.1 Å². The van der Waals surface area contributed by atoms with Crippen molar-refractivity contribution in [2.24, 2.45) is 5.92 Å². The van der Waals surface area contributed by atoms with Gasteiger partial charge in [-0.3, -0.25) is 0 Å². The van der Waals surface area contributed by atoms with Crippen LogP contribution < -0.4 is 18.7 Å². The minimum Gasteiger partial charge on any atom is -0.497 e. The van der Waals surface area contributed by atoms with Crippen LogP contribution in [0.15, 0.2) is 47.4 Å². The number of benzene rings is 2. The van der Waals surface area contributed by atoms with Gasteiger partial charge in [0.2, 0.25) is 5.95 Å². The van der Waals surface area contributed by atoms with Crippen LogP contribution in [0.1, 0.15) is 12.0 Å².